The van der Waals surface area contributed by atoms with Gasteiger partial charge in [0.25, 0.3) is 0 Å². The lowest BCUT2D eigenvalue weighted by Crippen LogP contribution is -2.44. The van der Waals surface area contributed by atoms with Crippen molar-refractivity contribution in [2.24, 2.45) is 0 Å². The van der Waals surface area contributed by atoms with Crippen molar-refractivity contribution in [3.8, 4) is 0 Å². The van der Waals surface area contributed by atoms with Crippen molar-refractivity contribution in [3.63, 3.8) is 0 Å². The van der Waals surface area contributed by atoms with E-state index in [4.69, 9.17) is 23.2 Å². The van der Waals surface area contributed by atoms with Crippen molar-refractivity contribution in [3.05, 3.63) is 76.3 Å². The van der Waals surface area contributed by atoms with Gasteiger partial charge in [0.15, 0.2) is 0 Å². The van der Waals surface area contributed by atoms with Crippen LogP contribution in [-0.4, -0.2) is 33.0 Å². The quantitative estimate of drug-likeness (QED) is 0.726. The molecule has 1 atom stereocenters. The first kappa shape index (κ1) is 17.3. The van der Waals surface area contributed by atoms with Crippen LogP contribution in [0.5, 0.6) is 0 Å². The lowest BCUT2D eigenvalue weighted by molar-refractivity contribution is 0.0224. The second-order valence-corrected chi connectivity index (χ2v) is 7.39. The van der Waals surface area contributed by atoms with Gasteiger partial charge in [0.05, 0.1) is 13.1 Å². The van der Waals surface area contributed by atoms with Gasteiger partial charge in [-0.05, 0) is 30.2 Å². The Morgan fingerprint density at radius 1 is 1.12 bits per heavy atom. The molecule has 134 valence electrons. The number of rotatable bonds is 5. The topological polar surface area (TPSA) is 54.2 Å². The fraction of sp³-hybridized carbons (Fsp3) is 0.263. The van der Waals surface area contributed by atoms with Gasteiger partial charge in [-0.3, -0.25) is 0 Å². The zero-order valence-corrected chi connectivity index (χ0v) is 15.5. The minimum Gasteiger partial charge on any atom is -0.381 e. The summed E-state index contributed by atoms with van der Waals surface area (Å²) >= 11 is 12.5. The summed E-state index contributed by atoms with van der Waals surface area (Å²) < 4.78 is 1.62. The van der Waals surface area contributed by atoms with Crippen molar-refractivity contribution in [2.75, 3.05) is 18.0 Å². The molecule has 0 unspecified atom stereocenters. The number of para-hydroxylation sites is 1. The number of hydrogen-bond donors (Lipinski definition) is 1. The van der Waals surface area contributed by atoms with Gasteiger partial charge in [-0.1, -0.05) is 47.5 Å². The van der Waals surface area contributed by atoms with Gasteiger partial charge in [-0.2, -0.15) is 5.10 Å². The minimum absolute atomic E-state index is 0.243. The molecule has 1 aliphatic rings. The summed E-state index contributed by atoms with van der Waals surface area (Å²) in [7, 11) is 0. The summed E-state index contributed by atoms with van der Waals surface area (Å²) in [5.41, 5.74) is 1.82. The van der Waals surface area contributed by atoms with Gasteiger partial charge in [0, 0.05) is 27.8 Å². The Balaban J connectivity index is 1.71. The number of fused-ring (bicyclic) bond motifs is 1. The van der Waals surface area contributed by atoms with Gasteiger partial charge in [-0.15, -0.1) is 0 Å². The summed E-state index contributed by atoms with van der Waals surface area (Å²) in [6.45, 7) is 1.49. The van der Waals surface area contributed by atoms with Crippen LogP contribution in [0.3, 0.4) is 0 Å². The summed E-state index contributed by atoms with van der Waals surface area (Å²) in [5.74, 6) is 0. The van der Waals surface area contributed by atoms with Crippen molar-refractivity contribution >= 4 is 28.9 Å². The Morgan fingerprint density at radius 3 is 2.73 bits per heavy atom. The van der Waals surface area contributed by atoms with Gasteiger partial charge in [-0.25, -0.2) is 9.67 Å². The van der Waals surface area contributed by atoms with Crippen molar-refractivity contribution in [1.29, 1.82) is 0 Å². The molecule has 26 heavy (non-hydrogen) atoms. The molecule has 0 saturated carbocycles. The fourth-order valence-electron chi connectivity index (χ4n) is 3.56. The molecule has 0 bridgehead atoms. The standard InChI is InChI=1S/C19H18Cl2N4O/c20-15-5-6-16(17(21)9-15)19(26,11-25-13-22-12-23-25)10-24-8-7-14-3-1-2-4-18(14)24/h1-6,9,12-13,26H,7-8,10-11H2/t19-/m1/s1. The molecule has 0 fully saturated rings. The summed E-state index contributed by atoms with van der Waals surface area (Å²) in [4.78, 5) is 6.17. The molecule has 0 saturated heterocycles. The van der Waals surface area contributed by atoms with E-state index in [0.29, 0.717) is 22.2 Å². The van der Waals surface area contributed by atoms with E-state index in [2.05, 4.69) is 27.1 Å². The van der Waals surface area contributed by atoms with Gasteiger partial charge in [0.1, 0.15) is 18.3 Å². The maximum absolute atomic E-state index is 11.7. The van der Waals surface area contributed by atoms with Crippen LogP contribution < -0.4 is 4.90 Å². The van der Waals surface area contributed by atoms with Crippen LogP contribution in [0.25, 0.3) is 0 Å². The number of hydrogen-bond acceptors (Lipinski definition) is 4. The van der Waals surface area contributed by atoms with Crippen LogP contribution in [0.2, 0.25) is 10.0 Å². The lowest BCUT2D eigenvalue weighted by atomic mass is 9.92. The number of β-amino-alcohol motifs (C(OH)–C–C–N with tert-alkyl or cyclic N) is 1. The first-order chi connectivity index (χ1) is 12.5. The second-order valence-electron chi connectivity index (χ2n) is 6.55. The summed E-state index contributed by atoms with van der Waals surface area (Å²) in [6, 6.07) is 13.4. The van der Waals surface area contributed by atoms with Crippen molar-refractivity contribution < 1.29 is 5.11 Å². The van der Waals surface area contributed by atoms with Gasteiger partial charge < -0.3 is 10.0 Å². The van der Waals surface area contributed by atoms with E-state index in [1.54, 1.807) is 29.2 Å². The molecule has 1 aliphatic heterocycles. The van der Waals surface area contributed by atoms with Crippen LogP contribution in [0.4, 0.5) is 5.69 Å². The third-order valence-electron chi connectivity index (χ3n) is 4.76. The SMILES string of the molecule is O[C@](CN1CCc2ccccc21)(Cn1cncn1)c1ccc(Cl)cc1Cl. The van der Waals surface area contributed by atoms with E-state index in [1.807, 2.05) is 12.1 Å². The maximum Gasteiger partial charge on any atom is 0.137 e. The van der Waals surface area contributed by atoms with E-state index in [9.17, 15) is 5.11 Å². The molecule has 3 aromatic rings. The summed E-state index contributed by atoms with van der Waals surface area (Å²) in [5, 5.41) is 16.8. The second kappa shape index (κ2) is 6.91. The number of aliphatic hydroxyl groups is 1. The molecule has 5 nitrogen and oxygen atoms in total. The van der Waals surface area contributed by atoms with Crippen molar-refractivity contribution in [1.82, 2.24) is 14.8 Å². The zero-order chi connectivity index (χ0) is 18.1. The van der Waals surface area contributed by atoms with E-state index in [1.165, 1.54) is 11.9 Å². The van der Waals surface area contributed by atoms with Crippen LogP contribution in [0.15, 0.2) is 55.1 Å². The molecule has 4 rings (SSSR count). The smallest absolute Gasteiger partial charge is 0.137 e. The predicted octanol–water partition coefficient (Wildman–Crippen LogP) is 3.54. The third-order valence-corrected chi connectivity index (χ3v) is 5.31. The summed E-state index contributed by atoms with van der Waals surface area (Å²) in [6.07, 6.45) is 4.01. The molecule has 2 heterocycles. The Morgan fingerprint density at radius 2 is 1.96 bits per heavy atom. The molecular formula is C19H18Cl2N4O. The number of benzene rings is 2. The Hall–Kier alpha value is -2.08. The molecule has 1 N–H and O–H groups in total. The highest BCUT2D eigenvalue weighted by molar-refractivity contribution is 6.35. The Bertz CT molecular complexity index is 916. The molecule has 0 spiro atoms. The van der Waals surface area contributed by atoms with E-state index < -0.39 is 5.60 Å². The van der Waals surface area contributed by atoms with Crippen LogP contribution >= 0.6 is 23.2 Å². The predicted molar refractivity (Wildman–Crippen MR) is 103 cm³/mol. The maximum atomic E-state index is 11.7. The molecule has 0 amide bonds. The van der Waals surface area contributed by atoms with E-state index >= 15 is 0 Å². The highest BCUT2D eigenvalue weighted by atomic mass is 35.5. The zero-order valence-electron chi connectivity index (χ0n) is 14.0. The van der Waals surface area contributed by atoms with E-state index in [0.717, 1.165) is 18.7 Å². The Labute approximate surface area is 161 Å². The van der Waals surface area contributed by atoms with Gasteiger partial charge >= 0.3 is 0 Å². The van der Waals surface area contributed by atoms with Crippen molar-refractivity contribution in [2.45, 2.75) is 18.6 Å². The number of anilines is 1. The molecule has 1 aromatic heterocycles. The molecule has 2 aromatic carbocycles. The first-order valence-corrected chi connectivity index (χ1v) is 9.14. The largest absolute Gasteiger partial charge is 0.381 e. The van der Waals surface area contributed by atoms with Crippen LogP contribution in [-0.2, 0) is 18.6 Å². The van der Waals surface area contributed by atoms with Crippen LogP contribution in [0, 0.1) is 0 Å². The molecule has 0 aliphatic carbocycles. The van der Waals surface area contributed by atoms with E-state index in [-0.39, 0.29) is 6.54 Å². The molecule has 0 radical (unpaired) electrons. The normalized spacial score (nSPS) is 15.7. The molecular weight excluding hydrogens is 371 g/mol. The highest BCUT2D eigenvalue weighted by Gasteiger charge is 2.36. The van der Waals surface area contributed by atoms with Crippen LogP contribution in [0.1, 0.15) is 11.1 Å². The molecule has 7 heteroatoms. The highest BCUT2D eigenvalue weighted by Crippen LogP contribution is 2.36. The average molecular weight is 389 g/mol. The lowest BCUT2D eigenvalue weighted by Gasteiger charge is -2.34. The Kier molecular flexibility index (Phi) is 4.61. The average Bonchev–Trinajstić information content (AvgIpc) is 3.25. The minimum atomic E-state index is -1.24. The monoisotopic (exact) mass is 388 g/mol. The van der Waals surface area contributed by atoms with Gasteiger partial charge in [0.2, 0.25) is 0 Å². The number of aromatic nitrogens is 3. The number of halogens is 2. The fourth-order valence-corrected chi connectivity index (χ4v) is 4.14. The third kappa shape index (κ3) is 3.30. The first-order valence-electron chi connectivity index (χ1n) is 8.38. The number of nitrogens with zero attached hydrogens (tertiary/aromatic N) is 4.